The summed E-state index contributed by atoms with van der Waals surface area (Å²) in [5, 5.41) is 13.4. The molecule has 1 fully saturated rings. The molecule has 0 saturated carbocycles. The molecule has 1 aromatic carbocycles. The molecular formula is C32H47N5O9S. The number of β-amino-alcohol motifs (C(OH)–C–C–N with tert-alkyl or cyclic N) is 1. The van der Waals surface area contributed by atoms with Gasteiger partial charge >= 0.3 is 0 Å². The van der Waals surface area contributed by atoms with E-state index in [-0.39, 0.29) is 65.8 Å². The number of nitrogens with two attached hydrogens (primary N) is 2. The van der Waals surface area contributed by atoms with Gasteiger partial charge in [0.15, 0.2) is 0 Å². The summed E-state index contributed by atoms with van der Waals surface area (Å²) in [7, 11) is 0. The molecule has 1 saturated heterocycles. The number of ether oxygens (including phenoxy) is 4. The number of aromatic nitrogens is 1. The summed E-state index contributed by atoms with van der Waals surface area (Å²) in [6.07, 6.45) is -2.14. The van der Waals surface area contributed by atoms with Crippen molar-refractivity contribution in [2.24, 2.45) is 22.8 Å². The Bertz CT molecular complexity index is 1330. The molecule has 2 heterocycles. The van der Waals surface area contributed by atoms with Gasteiger partial charge in [0.1, 0.15) is 18.8 Å². The van der Waals surface area contributed by atoms with E-state index in [0.717, 1.165) is 21.7 Å². The van der Waals surface area contributed by atoms with Gasteiger partial charge in [-0.25, -0.2) is 4.98 Å². The van der Waals surface area contributed by atoms with E-state index in [1.54, 1.807) is 37.6 Å². The highest BCUT2D eigenvalue weighted by Crippen LogP contribution is 2.34. The van der Waals surface area contributed by atoms with Crippen molar-refractivity contribution in [3.8, 4) is 10.4 Å². The second-order valence-corrected chi connectivity index (χ2v) is 13.2. The van der Waals surface area contributed by atoms with Crippen molar-refractivity contribution < 1.29 is 43.2 Å². The smallest absolute Gasteiger partial charge is 0.247 e. The number of rotatable bonds is 19. The van der Waals surface area contributed by atoms with Crippen LogP contribution in [0.5, 0.6) is 0 Å². The number of primary amides is 2. The van der Waals surface area contributed by atoms with Gasteiger partial charge in [0, 0.05) is 19.5 Å². The van der Waals surface area contributed by atoms with E-state index in [0.29, 0.717) is 0 Å². The molecule has 3 rings (SSSR count). The molecule has 4 atom stereocenters. The lowest BCUT2D eigenvalue weighted by atomic mass is 9.76. The molecule has 4 amide bonds. The Labute approximate surface area is 279 Å². The number of aliphatic hydroxyl groups is 1. The third-order valence-electron chi connectivity index (χ3n) is 7.59. The number of likely N-dealkylation sites (tertiary alicyclic amines) is 1. The predicted molar refractivity (Wildman–Crippen MR) is 174 cm³/mol. The Morgan fingerprint density at radius 3 is 2.19 bits per heavy atom. The molecule has 0 spiro atoms. The Hall–Kier alpha value is -3.47. The number of thiazole rings is 1. The van der Waals surface area contributed by atoms with Gasteiger partial charge in [-0.3, -0.25) is 19.2 Å². The number of benzene rings is 1. The molecule has 15 heteroatoms. The van der Waals surface area contributed by atoms with Crippen LogP contribution in [0.3, 0.4) is 0 Å². The monoisotopic (exact) mass is 677 g/mol. The minimum atomic E-state index is -1.30. The first kappa shape index (κ1) is 38.0. The van der Waals surface area contributed by atoms with Crippen LogP contribution >= 0.6 is 11.3 Å². The van der Waals surface area contributed by atoms with Crippen LogP contribution in [0.2, 0.25) is 0 Å². The highest BCUT2D eigenvalue weighted by atomic mass is 32.1. The molecule has 2 aromatic rings. The highest BCUT2D eigenvalue weighted by molar-refractivity contribution is 7.13. The summed E-state index contributed by atoms with van der Waals surface area (Å²) in [4.78, 5) is 57.3. The lowest BCUT2D eigenvalue weighted by molar-refractivity contribution is -0.158. The van der Waals surface area contributed by atoms with Crippen molar-refractivity contribution in [1.29, 1.82) is 0 Å². The molecule has 14 nitrogen and oxygen atoms in total. The fourth-order valence-corrected chi connectivity index (χ4v) is 6.10. The number of nitrogens with one attached hydrogen (secondary N) is 1. The van der Waals surface area contributed by atoms with Crippen molar-refractivity contribution in [3.05, 3.63) is 41.0 Å². The van der Waals surface area contributed by atoms with Crippen LogP contribution in [0.4, 0.5) is 0 Å². The Morgan fingerprint density at radius 2 is 1.64 bits per heavy atom. The minimum Gasteiger partial charge on any atom is -0.391 e. The van der Waals surface area contributed by atoms with Crippen LogP contribution in [0.15, 0.2) is 29.8 Å². The van der Waals surface area contributed by atoms with Gasteiger partial charge in [0.2, 0.25) is 23.6 Å². The number of aliphatic hydroxyl groups excluding tert-OH is 1. The highest BCUT2D eigenvalue weighted by Gasteiger charge is 2.48. The van der Waals surface area contributed by atoms with E-state index in [1.807, 2.05) is 31.2 Å². The Morgan fingerprint density at radius 1 is 1.02 bits per heavy atom. The van der Waals surface area contributed by atoms with Crippen molar-refractivity contribution in [3.63, 3.8) is 0 Å². The Balaban J connectivity index is 1.55. The zero-order chi connectivity index (χ0) is 34.6. The number of carbonyl (C=O) groups is 4. The van der Waals surface area contributed by atoms with Crippen LogP contribution in [-0.4, -0.2) is 110 Å². The van der Waals surface area contributed by atoms with Gasteiger partial charge in [-0.15, -0.1) is 11.3 Å². The molecule has 1 unspecified atom stereocenters. The fourth-order valence-electron chi connectivity index (χ4n) is 5.29. The second kappa shape index (κ2) is 18.2. The molecule has 0 radical (unpaired) electrons. The Kier molecular flexibility index (Phi) is 14.7. The van der Waals surface area contributed by atoms with Crippen molar-refractivity contribution in [2.75, 3.05) is 52.8 Å². The molecular weight excluding hydrogens is 630 g/mol. The van der Waals surface area contributed by atoms with E-state index < -0.39 is 53.2 Å². The van der Waals surface area contributed by atoms with E-state index in [9.17, 15) is 24.3 Å². The minimum absolute atomic E-state index is 0.0247. The number of hydrogen-bond acceptors (Lipinski definition) is 11. The van der Waals surface area contributed by atoms with Crippen LogP contribution < -0.4 is 16.8 Å². The van der Waals surface area contributed by atoms with Gasteiger partial charge in [-0.05, 0) is 23.5 Å². The number of carbonyl (C=O) groups excluding carboxylic acids is 4. The fraction of sp³-hybridized carbons (Fsp3) is 0.594. The van der Waals surface area contributed by atoms with Crippen LogP contribution in [-0.2, 0) is 44.7 Å². The third kappa shape index (κ3) is 11.6. The molecule has 6 N–H and O–H groups in total. The summed E-state index contributed by atoms with van der Waals surface area (Å²) >= 11 is 1.56. The van der Waals surface area contributed by atoms with Gasteiger partial charge < -0.3 is 45.7 Å². The van der Waals surface area contributed by atoms with Crippen molar-refractivity contribution in [1.82, 2.24) is 15.2 Å². The maximum absolute atomic E-state index is 14.0. The third-order valence-corrected chi connectivity index (χ3v) is 8.57. The van der Waals surface area contributed by atoms with E-state index in [1.165, 1.54) is 4.90 Å². The summed E-state index contributed by atoms with van der Waals surface area (Å²) in [5.74, 6) is -3.33. The van der Waals surface area contributed by atoms with Gasteiger partial charge in [0.05, 0.1) is 67.7 Å². The molecule has 1 aliphatic heterocycles. The maximum Gasteiger partial charge on any atom is 0.247 e. The molecule has 47 heavy (non-hydrogen) atoms. The summed E-state index contributed by atoms with van der Waals surface area (Å²) in [5.41, 5.74) is 14.6. The van der Waals surface area contributed by atoms with Gasteiger partial charge in [0.25, 0.3) is 0 Å². The first-order valence-corrected chi connectivity index (χ1v) is 16.4. The first-order valence-electron chi connectivity index (χ1n) is 15.5. The molecule has 0 bridgehead atoms. The average molecular weight is 678 g/mol. The first-order chi connectivity index (χ1) is 22.3. The maximum atomic E-state index is 14.0. The second-order valence-electron chi connectivity index (χ2n) is 12.4. The van der Waals surface area contributed by atoms with Crippen LogP contribution in [0.25, 0.3) is 10.4 Å². The molecule has 0 aliphatic carbocycles. The predicted octanol–water partition coefficient (Wildman–Crippen LogP) is 0.764. The number of amides is 4. The molecule has 260 valence electrons. The quantitative estimate of drug-likeness (QED) is 0.154. The number of nitrogens with zero attached hydrogens (tertiary/aromatic N) is 2. The van der Waals surface area contributed by atoms with Crippen molar-refractivity contribution in [2.45, 2.75) is 58.9 Å². The normalized spacial score (nSPS) is 17.8. The van der Waals surface area contributed by atoms with Crippen LogP contribution in [0.1, 0.15) is 38.4 Å². The lowest BCUT2D eigenvalue weighted by Crippen LogP contribution is -2.55. The zero-order valence-electron chi connectivity index (χ0n) is 27.4. The van der Waals surface area contributed by atoms with Crippen LogP contribution in [0, 0.1) is 18.3 Å². The summed E-state index contributed by atoms with van der Waals surface area (Å²) < 4.78 is 21.6. The SMILES string of the molecule is Cc1ncsc1-c1ccc(CNC(=O)[C@@H]2C[C@@H](O)CN2C(=O)[C@H](C(OCCOCCOCCOCC(N)=O)C(N)=O)C(C)(C)C)cc1. The topological polar surface area (TPSA) is 206 Å². The van der Waals surface area contributed by atoms with E-state index >= 15 is 0 Å². The lowest BCUT2D eigenvalue weighted by Gasteiger charge is -2.38. The standard InChI is InChI=1S/C32H47N5O9S/c1-20-28(47-19-36-20)22-7-5-21(6-8-22)16-35-30(41)24-15-23(38)17-37(24)31(42)26(32(2,3)4)27(29(34)40)46-14-13-44-10-9-43-11-12-45-18-25(33)39/h5-8,19,23-24,26-27,38H,9-18H2,1-4H3,(H2,33,39)(H2,34,40)(H,35,41)/t23-,24+,26+,27?/m1/s1. The van der Waals surface area contributed by atoms with E-state index in [2.05, 4.69) is 10.3 Å². The number of aryl methyl sites for hydroxylation is 1. The summed E-state index contributed by atoms with van der Waals surface area (Å²) in [6, 6.07) is 6.86. The average Bonchev–Trinajstić information content (AvgIpc) is 3.62. The zero-order valence-corrected chi connectivity index (χ0v) is 28.3. The molecule has 1 aromatic heterocycles. The number of hydrogen-bond donors (Lipinski definition) is 4. The van der Waals surface area contributed by atoms with Gasteiger partial charge in [-0.2, -0.15) is 0 Å². The molecule has 1 aliphatic rings. The summed E-state index contributed by atoms with van der Waals surface area (Å²) in [6.45, 7) is 8.37. The largest absolute Gasteiger partial charge is 0.391 e. The van der Waals surface area contributed by atoms with E-state index in [4.69, 9.17) is 30.4 Å². The van der Waals surface area contributed by atoms with Gasteiger partial charge in [-0.1, -0.05) is 45.0 Å². The van der Waals surface area contributed by atoms with Crippen molar-refractivity contribution >= 4 is 35.0 Å².